The Morgan fingerprint density at radius 2 is 2.11 bits per heavy atom. The number of hydrogen-bond donors (Lipinski definition) is 2. The molecule has 7 heteroatoms. The first kappa shape index (κ1) is 18.6. The molecule has 1 aliphatic rings. The molecule has 0 unspecified atom stereocenters. The molecule has 2 atom stereocenters. The smallest absolute Gasteiger partial charge is 0.226 e. The molecule has 2 bridgehead atoms. The van der Waals surface area contributed by atoms with Crippen LogP contribution >= 0.6 is 0 Å². The molecular weight excluding hydrogens is 356 g/mol. The highest BCUT2D eigenvalue weighted by molar-refractivity contribution is 5.84. The average Bonchev–Trinajstić information content (AvgIpc) is 3.10. The molecule has 2 aromatic heterocycles. The number of ether oxygens (including phenoxy) is 1. The van der Waals surface area contributed by atoms with Gasteiger partial charge in [0.15, 0.2) is 0 Å². The van der Waals surface area contributed by atoms with Crippen molar-refractivity contribution in [2.24, 2.45) is 0 Å². The fraction of sp³-hybridized carbons (Fsp3) is 0.381. The lowest BCUT2D eigenvalue weighted by atomic mass is 10.1. The normalized spacial score (nSPS) is 21.0. The van der Waals surface area contributed by atoms with Gasteiger partial charge in [0.2, 0.25) is 5.91 Å². The third kappa shape index (κ3) is 3.90. The Morgan fingerprint density at radius 1 is 1.29 bits per heavy atom. The van der Waals surface area contributed by atoms with E-state index in [1.807, 2.05) is 48.0 Å². The van der Waals surface area contributed by atoms with Crippen molar-refractivity contribution in [2.45, 2.75) is 38.5 Å². The van der Waals surface area contributed by atoms with E-state index < -0.39 is 6.10 Å². The van der Waals surface area contributed by atoms with Crippen LogP contribution in [0.15, 0.2) is 42.6 Å². The Hall–Kier alpha value is -2.77. The molecule has 0 saturated carbocycles. The van der Waals surface area contributed by atoms with E-state index in [0.29, 0.717) is 25.3 Å². The van der Waals surface area contributed by atoms with Crippen molar-refractivity contribution >= 4 is 16.8 Å². The van der Waals surface area contributed by atoms with Crippen molar-refractivity contribution in [1.82, 2.24) is 20.1 Å². The second-order valence-corrected chi connectivity index (χ2v) is 7.06. The van der Waals surface area contributed by atoms with Gasteiger partial charge in [-0.25, -0.2) is 0 Å². The summed E-state index contributed by atoms with van der Waals surface area (Å²) in [4.78, 5) is 17.4. The fourth-order valence-electron chi connectivity index (χ4n) is 3.65. The summed E-state index contributed by atoms with van der Waals surface area (Å²) in [5, 5.41) is 18.9. The van der Waals surface area contributed by atoms with E-state index >= 15 is 0 Å². The maximum Gasteiger partial charge on any atom is 0.226 e. The Bertz CT molecular complexity index is 970. The van der Waals surface area contributed by atoms with Crippen LogP contribution in [0.3, 0.4) is 0 Å². The van der Waals surface area contributed by atoms with Gasteiger partial charge in [0.25, 0.3) is 0 Å². The molecule has 4 rings (SSSR count). The van der Waals surface area contributed by atoms with E-state index in [2.05, 4.69) is 15.4 Å². The quantitative estimate of drug-likeness (QED) is 0.707. The molecule has 2 N–H and O–H groups in total. The van der Waals surface area contributed by atoms with Gasteiger partial charge in [-0.15, -0.1) is 0 Å². The zero-order chi connectivity index (χ0) is 19.5. The first-order chi connectivity index (χ1) is 13.6. The Morgan fingerprint density at radius 3 is 2.89 bits per heavy atom. The molecule has 146 valence electrons. The van der Waals surface area contributed by atoms with Crippen molar-refractivity contribution in [3.8, 4) is 0 Å². The number of aryl methyl sites for hydroxylation is 1. The molecule has 1 aromatic carbocycles. The van der Waals surface area contributed by atoms with Crippen molar-refractivity contribution in [3.63, 3.8) is 0 Å². The predicted molar refractivity (Wildman–Crippen MR) is 105 cm³/mol. The summed E-state index contributed by atoms with van der Waals surface area (Å²) < 4.78 is 7.61. The highest BCUT2D eigenvalue weighted by Crippen LogP contribution is 2.22. The summed E-state index contributed by atoms with van der Waals surface area (Å²) in [6, 6.07) is 11.3. The summed E-state index contributed by atoms with van der Waals surface area (Å²) >= 11 is 0. The first-order valence-electron chi connectivity index (χ1n) is 9.58. The van der Waals surface area contributed by atoms with Crippen LogP contribution in [0.4, 0.5) is 0 Å². The van der Waals surface area contributed by atoms with Gasteiger partial charge in [-0.05, 0) is 18.6 Å². The summed E-state index contributed by atoms with van der Waals surface area (Å²) in [7, 11) is 0. The van der Waals surface area contributed by atoms with Gasteiger partial charge in [-0.2, -0.15) is 5.10 Å². The molecule has 3 heterocycles. The molecule has 0 radical (unpaired) electrons. The van der Waals surface area contributed by atoms with Crippen molar-refractivity contribution < 1.29 is 14.6 Å². The number of nitrogens with zero attached hydrogens (tertiary/aromatic N) is 3. The molecule has 0 aliphatic carbocycles. The Kier molecular flexibility index (Phi) is 5.36. The number of rotatable bonds is 2. The second-order valence-electron chi connectivity index (χ2n) is 7.06. The van der Waals surface area contributed by atoms with E-state index in [9.17, 15) is 9.90 Å². The number of fused-ring (bicyclic) bond motifs is 4. The lowest BCUT2D eigenvalue weighted by molar-refractivity contribution is -0.121. The summed E-state index contributed by atoms with van der Waals surface area (Å²) in [5.74, 6) is -0.112. The van der Waals surface area contributed by atoms with Gasteiger partial charge in [0.1, 0.15) is 0 Å². The lowest BCUT2D eigenvalue weighted by Crippen LogP contribution is -2.34. The first-order valence-corrected chi connectivity index (χ1v) is 9.58. The van der Waals surface area contributed by atoms with Crippen molar-refractivity contribution in [2.75, 3.05) is 13.2 Å². The number of aliphatic hydroxyl groups excluding tert-OH is 1. The van der Waals surface area contributed by atoms with Gasteiger partial charge in [0, 0.05) is 18.4 Å². The van der Waals surface area contributed by atoms with Crippen LogP contribution in [-0.2, 0) is 28.9 Å². The summed E-state index contributed by atoms with van der Waals surface area (Å²) in [6.45, 7) is 3.20. The minimum atomic E-state index is -0.683. The SMILES string of the molecule is CCn1ncc2cc3nc(c21)C[C@H](O)COC[C@H](c1ccccc1)NC(=O)C3. The molecular formula is C21H24N4O3. The number of pyridine rings is 1. The van der Waals surface area contributed by atoms with E-state index in [4.69, 9.17) is 4.74 Å². The van der Waals surface area contributed by atoms with Crippen molar-refractivity contribution in [3.05, 3.63) is 59.5 Å². The van der Waals surface area contributed by atoms with E-state index in [-0.39, 0.29) is 25.0 Å². The molecule has 1 aliphatic heterocycles. The van der Waals surface area contributed by atoms with E-state index in [1.165, 1.54) is 0 Å². The topological polar surface area (TPSA) is 89.3 Å². The Labute approximate surface area is 163 Å². The second kappa shape index (κ2) is 8.08. The van der Waals surface area contributed by atoms with Crippen LogP contribution in [0, 0.1) is 0 Å². The van der Waals surface area contributed by atoms with Crippen LogP contribution in [0.5, 0.6) is 0 Å². The van der Waals surface area contributed by atoms with Gasteiger partial charge in [-0.3, -0.25) is 14.5 Å². The fourth-order valence-corrected chi connectivity index (χ4v) is 3.65. The molecule has 0 saturated heterocycles. The van der Waals surface area contributed by atoms with E-state index in [0.717, 1.165) is 22.2 Å². The maximum atomic E-state index is 12.7. The largest absolute Gasteiger partial charge is 0.390 e. The molecule has 1 amide bonds. The molecule has 7 nitrogen and oxygen atoms in total. The van der Waals surface area contributed by atoms with Crippen LogP contribution in [-0.4, -0.2) is 45.1 Å². The van der Waals surface area contributed by atoms with Gasteiger partial charge < -0.3 is 15.2 Å². The maximum absolute atomic E-state index is 12.7. The number of aromatic nitrogens is 3. The monoisotopic (exact) mass is 380 g/mol. The number of nitrogens with one attached hydrogen (secondary N) is 1. The minimum Gasteiger partial charge on any atom is -0.390 e. The molecule has 0 fully saturated rings. The summed E-state index contributed by atoms with van der Waals surface area (Å²) in [5.41, 5.74) is 3.30. The highest BCUT2D eigenvalue weighted by Gasteiger charge is 2.21. The number of carbonyl (C=O) groups excluding carboxylic acids is 1. The van der Waals surface area contributed by atoms with Crippen LogP contribution in [0.25, 0.3) is 10.9 Å². The minimum absolute atomic E-state index is 0.112. The van der Waals surface area contributed by atoms with Crippen LogP contribution < -0.4 is 5.32 Å². The lowest BCUT2D eigenvalue weighted by Gasteiger charge is -2.22. The van der Waals surface area contributed by atoms with Crippen LogP contribution in [0.2, 0.25) is 0 Å². The highest BCUT2D eigenvalue weighted by atomic mass is 16.5. The third-order valence-electron chi connectivity index (χ3n) is 4.94. The molecule has 28 heavy (non-hydrogen) atoms. The van der Waals surface area contributed by atoms with Gasteiger partial charge in [0.05, 0.1) is 54.9 Å². The average molecular weight is 380 g/mol. The third-order valence-corrected chi connectivity index (χ3v) is 4.94. The molecule has 3 aromatic rings. The van der Waals surface area contributed by atoms with Crippen molar-refractivity contribution in [1.29, 1.82) is 0 Å². The Balaban J connectivity index is 1.68. The zero-order valence-corrected chi connectivity index (χ0v) is 15.8. The number of benzene rings is 1. The summed E-state index contributed by atoms with van der Waals surface area (Å²) in [6.07, 6.45) is 1.62. The number of hydrogen-bond acceptors (Lipinski definition) is 5. The zero-order valence-electron chi connectivity index (χ0n) is 15.8. The van der Waals surface area contributed by atoms with E-state index in [1.54, 1.807) is 6.20 Å². The molecule has 0 spiro atoms. The number of aliphatic hydroxyl groups is 1. The van der Waals surface area contributed by atoms with Gasteiger partial charge in [-0.1, -0.05) is 30.3 Å². The predicted octanol–water partition coefficient (Wildman–Crippen LogP) is 1.78. The van der Waals surface area contributed by atoms with Crippen LogP contribution in [0.1, 0.15) is 29.9 Å². The standard InChI is InChI=1S/C21H24N4O3/c1-2-25-21-15(11-22-25)8-16-9-20(27)24-19(14-6-4-3-5-7-14)13-28-12-17(26)10-18(21)23-16/h3-8,11,17,19,26H,2,9-10,12-13H2,1H3,(H,24,27)/t17-,19+/m0/s1. The number of amides is 1. The number of carbonyl (C=O) groups is 1. The van der Waals surface area contributed by atoms with Gasteiger partial charge >= 0.3 is 0 Å².